The maximum atomic E-state index is 11.4. The third-order valence-electron chi connectivity index (χ3n) is 3.53. The van der Waals surface area contributed by atoms with Crippen molar-refractivity contribution in [3.63, 3.8) is 0 Å². The van der Waals surface area contributed by atoms with Gasteiger partial charge in [0.15, 0.2) is 12.0 Å². The Kier molecular flexibility index (Phi) is 5.78. The molecule has 0 spiro atoms. The van der Waals surface area contributed by atoms with Gasteiger partial charge in [-0.15, -0.1) is 0 Å². The van der Waals surface area contributed by atoms with Crippen LogP contribution in [0.2, 0.25) is 0 Å². The van der Waals surface area contributed by atoms with E-state index in [0.29, 0.717) is 22.6 Å². The number of carbonyl (C=O) groups excluding carboxylic acids is 1. The number of carbonyl (C=O) groups is 1. The van der Waals surface area contributed by atoms with Gasteiger partial charge in [-0.25, -0.2) is 0 Å². The maximum Gasteiger partial charge on any atom is 0.221 e. The van der Waals surface area contributed by atoms with Crippen LogP contribution in [0.1, 0.15) is 18.8 Å². The Balaban J connectivity index is 2.59. The lowest BCUT2D eigenvalue weighted by Crippen LogP contribution is -2.08. The van der Waals surface area contributed by atoms with Crippen molar-refractivity contribution in [1.29, 1.82) is 0 Å². The van der Waals surface area contributed by atoms with Crippen molar-refractivity contribution >= 4 is 11.6 Å². The smallest absolute Gasteiger partial charge is 0.221 e. The molecule has 0 fully saturated rings. The van der Waals surface area contributed by atoms with Crippen molar-refractivity contribution in [3.05, 3.63) is 42.0 Å². The van der Waals surface area contributed by atoms with Crippen molar-refractivity contribution in [2.45, 2.75) is 13.2 Å². The Morgan fingerprint density at radius 1 is 1.12 bits per heavy atom. The molecule has 6 nitrogen and oxygen atoms in total. The van der Waals surface area contributed by atoms with Crippen LogP contribution >= 0.6 is 0 Å². The molecule has 0 aliphatic heterocycles. The molecule has 0 unspecified atom stereocenters. The molecule has 6 heteroatoms. The highest BCUT2D eigenvalue weighted by Gasteiger charge is 2.18. The van der Waals surface area contributed by atoms with E-state index in [2.05, 4.69) is 5.32 Å². The fraction of sp³-hybridized carbons (Fsp3) is 0.278. The predicted molar refractivity (Wildman–Crippen MR) is 91.2 cm³/mol. The van der Waals surface area contributed by atoms with E-state index in [-0.39, 0.29) is 11.7 Å². The zero-order valence-electron chi connectivity index (χ0n) is 14.1. The maximum absolute atomic E-state index is 11.4. The van der Waals surface area contributed by atoms with Gasteiger partial charge in [0.25, 0.3) is 0 Å². The van der Waals surface area contributed by atoms with Gasteiger partial charge in [-0.3, -0.25) is 4.79 Å². The van der Waals surface area contributed by atoms with Crippen LogP contribution in [0, 0.1) is 0 Å². The Labute approximate surface area is 141 Å². The van der Waals surface area contributed by atoms with Crippen molar-refractivity contribution in [2.75, 3.05) is 26.6 Å². The molecule has 0 radical (unpaired) electrons. The van der Waals surface area contributed by atoms with Crippen LogP contribution in [-0.4, -0.2) is 32.3 Å². The third-order valence-corrected chi connectivity index (χ3v) is 3.53. The van der Waals surface area contributed by atoms with E-state index in [9.17, 15) is 9.90 Å². The van der Waals surface area contributed by atoms with Crippen molar-refractivity contribution in [2.24, 2.45) is 0 Å². The van der Waals surface area contributed by atoms with Crippen molar-refractivity contribution < 1.29 is 24.1 Å². The number of benzene rings is 2. The van der Waals surface area contributed by atoms with Crippen LogP contribution in [0.5, 0.6) is 11.5 Å². The van der Waals surface area contributed by atoms with Crippen LogP contribution in [0.4, 0.5) is 5.69 Å². The zero-order chi connectivity index (χ0) is 17.7. The predicted octanol–water partition coefficient (Wildman–Crippen LogP) is 3.32. The molecule has 0 saturated heterocycles. The molecule has 0 heterocycles. The summed E-state index contributed by atoms with van der Waals surface area (Å²) < 4.78 is 16.0. The first-order valence-corrected chi connectivity index (χ1v) is 7.35. The standard InChI is InChI=1S/C18H21NO5/c1-11(20)19-14-8-9-15(21)16(17(14)22-2)12-6-5-7-13(10-12)18(23-3)24-4/h5-10,18,21H,1-4H3,(H,19,20). The number of nitrogens with one attached hydrogen (secondary N) is 1. The molecule has 1 amide bonds. The largest absolute Gasteiger partial charge is 0.507 e. The Morgan fingerprint density at radius 2 is 1.83 bits per heavy atom. The van der Waals surface area contributed by atoms with Gasteiger partial charge < -0.3 is 24.6 Å². The summed E-state index contributed by atoms with van der Waals surface area (Å²) in [6, 6.07) is 10.5. The molecule has 0 aliphatic rings. The highest BCUT2D eigenvalue weighted by atomic mass is 16.7. The van der Waals surface area contributed by atoms with E-state index < -0.39 is 6.29 Å². The second-order valence-electron chi connectivity index (χ2n) is 5.15. The van der Waals surface area contributed by atoms with Gasteiger partial charge in [0.05, 0.1) is 18.4 Å². The van der Waals surface area contributed by atoms with Crippen LogP contribution in [0.15, 0.2) is 36.4 Å². The van der Waals surface area contributed by atoms with E-state index in [4.69, 9.17) is 14.2 Å². The normalized spacial score (nSPS) is 10.7. The summed E-state index contributed by atoms with van der Waals surface area (Å²) in [6.45, 7) is 1.41. The summed E-state index contributed by atoms with van der Waals surface area (Å²) in [7, 11) is 4.59. The molecule has 0 atom stereocenters. The lowest BCUT2D eigenvalue weighted by molar-refractivity contribution is -0.114. The topological polar surface area (TPSA) is 77.0 Å². The highest BCUT2D eigenvalue weighted by Crippen LogP contribution is 2.43. The van der Waals surface area contributed by atoms with Crippen LogP contribution in [0.25, 0.3) is 11.1 Å². The lowest BCUT2D eigenvalue weighted by Gasteiger charge is -2.18. The van der Waals surface area contributed by atoms with E-state index in [0.717, 1.165) is 5.56 Å². The summed E-state index contributed by atoms with van der Waals surface area (Å²) in [5, 5.41) is 13.0. The molecule has 2 aromatic carbocycles. The quantitative estimate of drug-likeness (QED) is 0.627. The number of hydrogen-bond donors (Lipinski definition) is 2. The molecule has 0 saturated carbocycles. The van der Waals surface area contributed by atoms with Crippen LogP contribution in [0.3, 0.4) is 0 Å². The molecule has 0 bridgehead atoms. The number of rotatable bonds is 6. The minimum atomic E-state index is -0.517. The monoisotopic (exact) mass is 331 g/mol. The van der Waals surface area contributed by atoms with Gasteiger partial charge in [0, 0.05) is 26.7 Å². The van der Waals surface area contributed by atoms with E-state index in [1.165, 1.54) is 20.1 Å². The number of methoxy groups -OCH3 is 3. The first kappa shape index (κ1) is 17.8. The third kappa shape index (κ3) is 3.67. The van der Waals surface area contributed by atoms with E-state index >= 15 is 0 Å². The minimum absolute atomic E-state index is 0.0458. The number of amides is 1. The van der Waals surface area contributed by atoms with Gasteiger partial charge >= 0.3 is 0 Å². The van der Waals surface area contributed by atoms with Crippen molar-refractivity contribution in [3.8, 4) is 22.6 Å². The lowest BCUT2D eigenvalue weighted by atomic mass is 10.00. The number of phenols is 1. The van der Waals surface area contributed by atoms with E-state index in [1.54, 1.807) is 20.3 Å². The Hall–Kier alpha value is -2.57. The number of anilines is 1. The minimum Gasteiger partial charge on any atom is -0.507 e. The first-order valence-electron chi connectivity index (χ1n) is 7.35. The summed E-state index contributed by atoms with van der Waals surface area (Å²) in [5.74, 6) is 0.204. The summed E-state index contributed by atoms with van der Waals surface area (Å²) in [6.07, 6.45) is -0.517. The molecular weight excluding hydrogens is 310 g/mol. The SMILES string of the molecule is COc1c(NC(C)=O)ccc(O)c1-c1cccc(C(OC)OC)c1. The fourth-order valence-corrected chi connectivity index (χ4v) is 2.56. The van der Waals surface area contributed by atoms with Gasteiger partial charge in [-0.2, -0.15) is 0 Å². The number of hydrogen-bond acceptors (Lipinski definition) is 5. The van der Waals surface area contributed by atoms with Gasteiger partial charge in [0.1, 0.15) is 5.75 Å². The Bertz CT molecular complexity index is 725. The molecule has 2 N–H and O–H groups in total. The summed E-state index contributed by atoms with van der Waals surface area (Å²) in [4.78, 5) is 11.4. The molecule has 24 heavy (non-hydrogen) atoms. The highest BCUT2D eigenvalue weighted by molar-refractivity contribution is 5.94. The second-order valence-corrected chi connectivity index (χ2v) is 5.15. The van der Waals surface area contributed by atoms with Gasteiger partial charge in [-0.1, -0.05) is 18.2 Å². The molecule has 2 aromatic rings. The van der Waals surface area contributed by atoms with Crippen LogP contribution in [-0.2, 0) is 14.3 Å². The van der Waals surface area contributed by atoms with Crippen LogP contribution < -0.4 is 10.1 Å². The molecule has 0 aliphatic carbocycles. The average molecular weight is 331 g/mol. The zero-order valence-corrected chi connectivity index (χ0v) is 14.1. The van der Waals surface area contributed by atoms with E-state index in [1.807, 2.05) is 24.3 Å². The molecular formula is C18H21NO5. The number of ether oxygens (including phenoxy) is 3. The first-order chi connectivity index (χ1) is 11.5. The fourth-order valence-electron chi connectivity index (χ4n) is 2.56. The van der Waals surface area contributed by atoms with Crippen molar-refractivity contribution in [1.82, 2.24) is 0 Å². The molecule has 128 valence electrons. The Morgan fingerprint density at radius 3 is 2.42 bits per heavy atom. The average Bonchev–Trinajstić information content (AvgIpc) is 2.57. The van der Waals surface area contributed by atoms with Gasteiger partial charge in [0.2, 0.25) is 5.91 Å². The molecule has 2 rings (SSSR count). The summed E-state index contributed by atoms with van der Waals surface area (Å²) in [5.41, 5.74) is 2.48. The number of aromatic hydroxyl groups is 1. The summed E-state index contributed by atoms with van der Waals surface area (Å²) >= 11 is 0. The van der Waals surface area contributed by atoms with Gasteiger partial charge in [-0.05, 0) is 23.8 Å². The number of phenolic OH excluding ortho intramolecular Hbond substituents is 1. The molecule has 0 aromatic heterocycles. The second kappa shape index (κ2) is 7.81.